The summed E-state index contributed by atoms with van der Waals surface area (Å²) < 4.78 is 0. The van der Waals surface area contributed by atoms with E-state index in [9.17, 15) is 9.90 Å². The van der Waals surface area contributed by atoms with E-state index in [-0.39, 0.29) is 24.5 Å². The highest BCUT2D eigenvalue weighted by Gasteiger charge is 2.33. The van der Waals surface area contributed by atoms with E-state index in [4.69, 9.17) is 5.73 Å². The van der Waals surface area contributed by atoms with Crippen LogP contribution in [0.5, 0.6) is 0 Å². The Bertz CT molecular complexity index is 435. The summed E-state index contributed by atoms with van der Waals surface area (Å²) in [5.41, 5.74) is 6.02. The number of rotatable bonds is 4. The fourth-order valence-corrected chi connectivity index (χ4v) is 2.64. The Morgan fingerprint density at radius 2 is 2.11 bits per heavy atom. The number of aliphatic hydroxyl groups excluding tert-OH is 1. The molecule has 0 spiro atoms. The minimum absolute atomic E-state index is 0.00615. The van der Waals surface area contributed by atoms with Gasteiger partial charge in [-0.2, -0.15) is 0 Å². The van der Waals surface area contributed by atoms with E-state index in [1.54, 1.807) is 0 Å². The number of nitrogens with one attached hydrogen (secondary N) is 1. The van der Waals surface area contributed by atoms with Crippen molar-refractivity contribution in [1.29, 1.82) is 0 Å². The lowest BCUT2D eigenvalue weighted by Gasteiger charge is -2.30. The fraction of sp³-hybridized carbons (Fsp3) is 0.533. The van der Waals surface area contributed by atoms with Crippen LogP contribution in [0.3, 0.4) is 0 Å². The highest BCUT2D eigenvalue weighted by molar-refractivity contribution is 5.80. The van der Waals surface area contributed by atoms with E-state index in [2.05, 4.69) is 5.32 Å². The minimum Gasteiger partial charge on any atom is -0.394 e. The van der Waals surface area contributed by atoms with Gasteiger partial charge < -0.3 is 16.2 Å². The lowest BCUT2D eigenvalue weighted by molar-refractivity contribution is -0.127. The molecule has 19 heavy (non-hydrogen) atoms. The second-order valence-corrected chi connectivity index (χ2v) is 5.62. The number of carbonyl (C=O) groups is 1. The lowest BCUT2D eigenvalue weighted by atomic mass is 9.91. The van der Waals surface area contributed by atoms with E-state index >= 15 is 0 Å². The standard InChI is InChI=1S/C15H22N2O2/c1-15(10-18,12-5-3-2-4-6-12)17-14(19)11-7-8-13(16)9-11/h2-6,11,13,18H,7-10,16H2,1H3,(H,17,19). The van der Waals surface area contributed by atoms with Crippen LogP contribution in [0.2, 0.25) is 0 Å². The predicted octanol–water partition coefficient (Wildman–Crippen LogP) is 1.14. The summed E-state index contributed by atoms with van der Waals surface area (Å²) in [7, 11) is 0. The number of benzene rings is 1. The quantitative estimate of drug-likeness (QED) is 0.761. The van der Waals surface area contributed by atoms with Crippen molar-refractivity contribution < 1.29 is 9.90 Å². The zero-order valence-corrected chi connectivity index (χ0v) is 11.3. The van der Waals surface area contributed by atoms with E-state index in [1.165, 1.54) is 0 Å². The molecule has 1 aromatic rings. The normalized spacial score (nSPS) is 25.8. The van der Waals surface area contributed by atoms with Crippen molar-refractivity contribution in [3.05, 3.63) is 35.9 Å². The molecule has 1 aromatic carbocycles. The maximum absolute atomic E-state index is 12.3. The molecular formula is C15H22N2O2. The molecule has 0 heterocycles. The molecule has 0 aromatic heterocycles. The van der Waals surface area contributed by atoms with Crippen LogP contribution < -0.4 is 11.1 Å². The van der Waals surface area contributed by atoms with Gasteiger partial charge in [0.25, 0.3) is 0 Å². The van der Waals surface area contributed by atoms with Gasteiger partial charge in [0, 0.05) is 12.0 Å². The van der Waals surface area contributed by atoms with Crippen molar-refractivity contribution in [3.63, 3.8) is 0 Å². The summed E-state index contributed by atoms with van der Waals surface area (Å²) in [4.78, 5) is 12.3. The van der Waals surface area contributed by atoms with Gasteiger partial charge in [-0.1, -0.05) is 30.3 Å². The first kappa shape index (κ1) is 14.0. The van der Waals surface area contributed by atoms with Crippen molar-refractivity contribution in [1.82, 2.24) is 5.32 Å². The van der Waals surface area contributed by atoms with Crippen molar-refractivity contribution in [2.75, 3.05) is 6.61 Å². The third kappa shape index (κ3) is 3.14. The molecule has 1 fully saturated rings. The van der Waals surface area contributed by atoms with Gasteiger partial charge in [-0.15, -0.1) is 0 Å². The zero-order valence-electron chi connectivity index (χ0n) is 11.3. The van der Waals surface area contributed by atoms with Crippen molar-refractivity contribution in [2.45, 2.75) is 37.8 Å². The van der Waals surface area contributed by atoms with Gasteiger partial charge in [-0.3, -0.25) is 4.79 Å². The predicted molar refractivity (Wildman–Crippen MR) is 74.3 cm³/mol. The first-order valence-corrected chi connectivity index (χ1v) is 6.79. The Balaban J connectivity index is 2.08. The van der Waals surface area contributed by atoms with Gasteiger partial charge in [-0.25, -0.2) is 0 Å². The van der Waals surface area contributed by atoms with Gasteiger partial charge in [0.2, 0.25) is 5.91 Å². The topological polar surface area (TPSA) is 75.3 Å². The summed E-state index contributed by atoms with van der Waals surface area (Å²) in [6, 6.07) is 9.68. The Morgan fingerprint density at radius 3 is 2.63 bits per heavy atom. The summed E-state index contributed by atoms with van der Waals surface area (Å²) in [6.07, 6.45) is 2.48. The summed E-state index contributed by atoms with van der Waals surface area (Å²) in [5.74, 6) is -0.0297. The van der Waals surface area contributed by atoms with Crippen LogP contribution in [0, 0.1) is 5.92 Å². The first-order chi connectivity index (χ1) is 9.05. The monoisotopic (exact) mass is 262 g/mol. The molecule has 2 rings (SSSR count). The highest BCUT2D eigenvalue weighted by atomic mass is 16.3. The van der Waals surface area contributed by atoms with Crippen molar-refractivity contribution in [2.24, 2.45) is 11.7 Å². The van der Waals surface area contributed by atoms with Crippen LogP contribution in [0.4, 0.5) is 0 Å². The second kappa shape index (κ2) is 5.72. The van der Waals surface area contributed by atoms with Crippen LogP contribution in [0.25, 0.3) is 0 Å². The van der Waals surface area contributed by atoms with E-state index in [1.807, 2.05) is 37.3 Å². The number of nitrogens with two attached hydrogens (primary N) is 1. The van der Waals surface area contributed by atoms with Crippen LogP contribution in [-0.4, -0.2) is 23.7 Å². The molecule has 0 bridgehead atoms. The summed E-state index contributed by atoms with van der Waals surface area (Å²) >= 11 is 0. The van der Waals surface area contributed by atoms with Crippen molar-refractivity contribution in [3.8, 4) is 0 Å². The van der Waals surface area contributed by atoms with E-state index in [0.717, 1.165) is 24.8 Å². The van der Waals surface area contributed by atoms with E-state index in [0.29, 0.717) is 0 Å². The molecule has 4 nitrogen and oxygen atoms in total. The van der Waals surface area contributed by atoms with Crippen LogP contribution >= 0.6 is 0 Å². The van der Waals surface area contributed by atoms with Gasteiger partial charge in [-0.05, 0) is 31.7 Å². The second-order valence-electron chi connectivity index (χ2n) is 5.62. The molecule has 3 unspecified atom stereocenters. The number of hydrogen-bond donors (Lipinski definition) is 3. The summed E-state index contributed by atoms with van der Waals surface area (Å²) in [5, 5.41) is 12.6. The molecule has 0 aliphatic heterocycles. The van der Waals surface area contributed by atoms with Gasteiger partial charge in [0.05, 0.1) is 12.1 Å². The van der Waals surface area contributed by atoms with Gasteiger partial charge in [0.1, 0.15) is 0 Å². The van der Waals surface area contributed by atoms with Crippen LogP contribution in [0.1, 0.15) is 31.7 Å². The zero-order chi connectivity index (χ0) is 13.9. The molecular weight excluding hydrogens is 240 g/mol. The minimum atomic E-state index is -0.731. The molecule has 0 radical (unpaired) electrons. The Labute approximate surface area is 114 Å². The Morgan fingerprint density at radius 1 is 1.42 bits per heavy atom. The maximum atomic E-state index is 12.3. The summed E-state index contributed by atoms with van der Waals surface area (Å²) in [6.45, 7) is 1.72. The largest absolute Gasteiger partial charge is 0.394 e. The highest BCUT2D eigenvalue weighted by Crippen LogP contribution is 2.27. The Kier molecular flexibility index (Phi) is 4.22. The molecule has 1 aliphatic carbocycles. The van der Waals surface area contributed by atoms with Crippen LogP contribution in [-0.2, 0) is 10.3 Å². The molecule has 4 N–H and O–H groups in total. The number of hydrogen-bond acceptors (Lipinski definition) is 3. The SMILES string of the molecule is CC(CO)(NC(=O)C1CCC(N)C1)c1ccccc1. The third-order valence-corrected chi connectivity index (χ3v) is 3.97. The maximum Gasteiger partial charge on any atom is 0.223 e. The fourth-order valence-electron chi connectivity index (χ4n) is 2.64. The average Bonchev–Trinajstić information content (AvgIpc) is 2.86. The number of amides is 1. The number of aliphatic hydroxyl groups is 1. The third-order valence-electron chi connectivity index (χ3n) is 3.97. The Hall–Kier alpha value is -1.39. The molecule has 1 amide bonds. The molecule has 0 saturated heterocycles. The van der Waals surface area contributed by atoms with Crippen LogP contribution in [0.15, 0.2) is 30.3 Å². The van der Waals surface area contributed by atoms with Gasteiger partial charge in [0.15, 0.2) is 0 Å². The van der Waals surface area contributed by atoms with Gasteiger partial charge >= 0.3 is 0 Å². The average molecular weight is 262 g/mol. The molecule has 104 valence electrons. The van der Waals surface area contributed by atoms with Crippen molar-refractivity contribution >= 4 is 5.91 Å². The number of carbonyl (C=O) groups excluding carboxylic acids is 1. The van der Waals surface area contributed by atoms with E-state index < -0.39 is 5.54 Å². The lowest BCUT2D eigenvalue weighted by Crippen LogP contribution is -2.48. The molecule has 1 saturated carbocycles. The molecule has 1 aliphatic rings. The first-order valence-electron chi connectivity index (χ1n) is 6.79. The molecule has 3 atom stereocenters. The molecule has 4 heteroatoms. The smallest absolute Gasteiger partial charge is 0.223 e.